The predicted octanol–water partition coefficient (Wildman–Crippen LogP) is 5.75. The molecule has 0 aliphatic carbocycles. The van der Waals surface area contributed by atoms with Crippen LogP contribution < -0.4 is 10.4 Å². The van der Waals surface area contributed by atoms with Gasteiger partial charge in [-0.3, -0.25) is 9.29 Å². The number of anilines is 1. The number of rotatable bonds is 10. The van der Waals surface area contributed by atoms with Crippen LogP contribution in [0.2, 0.25) is 0 Å². The van der Waals surface area contributed by atoms with E-state index in [-0.39, 0.29) is 35.9 Å². The molecule has 2 aliphatic rings. The van der Waals surface area contributed by atoms with Crippen LogP contribution in [-0.4, -0.2) is 35.8 Å². The largest absolute Gasteiger partial charge is 0.453 e. The van der Waals surface area contributed by atoms with Crippen LogP contribution in [0.25, 0.3) is 5.69 Å². The second-order valence-electron chi connectivity index (χ2n) is 7.81. The van der Waals surface area contributed by atoms with Crippen LogP contribution in [0.1, 0.15) is 35.4 Å². The van der Waals surface area contributed by atoms with Crippen molar-refractivity contribution in [3.63, 3.8) is 0 Å². The van der Waals surface area contributed by atoms with Crippen LogP contribution in [0.5, 0.6) is 0 Å². The molecule has 1 aromatic rings. The van der Waals surface area contributed by atoms with Gasteiger partial charge in [-0.1, -0.05) is 30.3 Å². The zero-order chi connectivity index (χ0) is 26.0. The standard InChI is InChI=1S/C21H22F5N3O3S3/c1-13-14(2)34-18(33-11-7-6-10-20(22,23)21(24,25)26)16-17(27-19(30)29(13)16)28-35(31,32)12-15-8-4-3-5-9-15/h3-5,8-9H,6-7,10-12H2,1-2H3,(H,27,28,30). The molecule has 2 heterocycles. The summed E-state index contributed by atoms with van der Waals surface area (Å²) < 4.78 is 92.8. The van der Waals surface area contributed by atoms with Crippen molar-refractivity contribution in [1.29, 1.82) is 0 Å². The fourth-order valence-corrected chi connectivity index (χ4v) is 6.88. The molecule has 0 unspecified atom stereocenters. The van der Waals surface area contributed by atoms with E-state index >= 15 is 0 Å². The third-order valence-electron chi connectivity index (χ3n) is 5.12. The summed E-state index contributed by atoms with van der Waals surface area (Å²) in [6, 6.07) is 8.42. The molecule has 14 heteroatoms. The van der Waals surface area contributed by atoms with Crippen LogP contribution >= 0.6 is 23.1 Å². The summed E-state index contributed by atoms with van der Waals surface area (Å²) >= 11 is 2.41. The van der Waals surface area contributed by atoms with Crippen LogP contribution in [0.3, 0.4) is 0 Å². The van der Waals surface area contributed by atoms with Crippen molar-refractivity contribution in [2.45, 2.75) is 55.2 Å². The minimum absolute atomic E-state index is 0.0651. The van der Waals surface area contributed by atoms with Crippen LogP contribution in [-0.2, 0) is 15.8 Å². The van der Waals surface area contributed by atoms with E-state index in [1.807, 2.05) is 0 Å². The number of halogens is 5. The Balaban J connectivity index is 1.80. The van der Waals surface area contributed by atoms with Gasteiger partial charge in [0.15, 0.2) is 5.82 Å². The van der Waals surface area contributed by atoms with Gasteiger partial charge < -0.3 is 0 Å². The average Bonchev–Trinajstić information content (AvgIpc) is 3.06. The Bertz CT molecular complexity index is 1310. The number of fused-ring (bicyclic) bond motifs is 1. The third-order valence-corrected chi connectivity index (χ3v) is 8.87. The van der Waals surface area contributed by atoms with E-state index in [0.717, 1.165) is 16.6 Å². The van der Waals surface area contributed by atoms with Crippen molar-refractivity contribution < 1.29 is 30.4 Å². The maximum Gasteiger partial charge on any atom is 0.453 e. The van der Waals surface area contributed by atoms with Gasteiger partial charge in [0.1, 0.15) is 5.69 Å². The Morgan fingerprint density at radius 1 is 1.09 bits per heavy atom. The van der Waals surface area contributed by atoms with Crippen molar-refractivity contribution in [3.05, 3.63) is 57.0 Å². The van der Waals surface area contributed by atoms with Gasteiger partial charge >= 0.3 is 17.8 Å². The van der Waals surface area contributed by atoms with E-state index in [0.29, 0.717) is 15.5 Å². The lowest BCUT2D eigenvalue weighted by Gasteiger charge is -2.19. The number of alkyl halides is 5. The highest BCUT2D eigenvalue weighted by Gasteiger charge is 2.56. The van der Waals surface area contributed by atoms with Gasteiger partial charge in [-0.15, -0.1) is 23.1 Å². The fourth-order valence-electron chi connectivity index (χ4n) is 3.22. The topological polar surface area (TPSA) is 81.1 Å². The molecular weight excluding hydrogens is 533 g/mol. The molecule has 0 fully saturated rings. The molecule has 0 radical (unpaired) electrons. The molecule has 0 saturated carbocycles. The van der Waals surface area contributed by atoms with Gasteiger partial charge in [-0.05, 0) is 38.0 Å². The molecule has 0 saturated heterocycles. The second kappa shape index (κ2) is 10.4. The highest BCUT2D eigenvalue weighted by atomic mass is 32.2. The molecule has 0 aromatic heterocycles. The lowest BCUT2D eigenvalue weighted by atomic mass is 10.1. The van der Waals surface area contributed by atoms with Gasteiger partial charge in [-0.25, -0.2) is 13.2 Å². The van der Waals surface area contributed by atoms with Crippen LogP contribution in [0.15, 0.2) is 39.3 Å². The number of imidazole rings is 1. The molecular formula is C21H22F5N3O3S3. The maximum absolute atomic E-state index is 13.1. The monoisotopic (exact) mass is 555 g/mol. The zero-order valence-corrected chi connectivity index (χ0v) is 21.1. The van der Waals surface area contributed by atoms with Gasteiger partial charge in [0, 0.05) is 17.0 Å². The summed E-state index contributed by atoms with van der Waals surface area (Å²) in [5, 5.41) is 0. The predicted molar refractivity (Wildman–Crippen MR) is 127 cm³/mol. The molecule has 2 aliphatic heterocycles. The molecule has 35 heavy (non-hydrogen) atoms. The molecule has 6 nitrogen and oxygen atoms in total. The molecule has 0 amide bonds. The zero-order valence-electron chi connectivity index (χ0n) is 18.7. The Kier molecular flexibility index (Phi) is 8.16. The first-order valence-electron chi connectivity index (χ1n) is 10.4. The average molecular weight is 556 g/mol. The van der Waals surface area contributed by atoms with Crippen LogP contribution in [0, 0.1) is 13.8 Å². The van der Waals surface area contributed by atoms with Crippen molar-refractivity contribution in [1.82, 2.24) is 9.55 Å². The van der Waals surface area contributed by atoms with Crippen molar-refractivity contribution >= 4 is 38.9 Å². The first-order chi connectivity index (χ1) is 16.2. The number of nitrogens with zero attached hydrogens (tertiary/aromatic N) is 2. The number of hydrogen-bond acceptors (Lipinski definition) is 6. The minimum Gasteiger partial charge on any atom is -0.265 e. The van der Waals surface area contributed by atoms with Crippen LogP contribution in [0.4, 0.5) is 27.8 Å². The van der Waals surface area contributed by atoms with E-state index < -0.39 is 34.2 Å². The SMILES string of the molecule is Cc1sc(SCCCCC(F)(F)C(F)(F)F)c2c(NS(=O)(=O)Cc3ccccc3)nc(=O)n-2c1C. The van der Waals surface area contributed by atoms with Gasteiger partial charge in [0.2, 0.25) is 10.0 Å². The molecule has 1 N–H and O–H groups in total. The number of nitrogens with one attached hydrogen (secondary N) is 1. The van der Waals surface area contributed by atoms with E-state index in [4.69, 9.17) is 0 Å². The number of thioether (sulfide) groups is 1. The number of hydrogen-bond donors (Lipinski definition) is 1. The van der Waals surface area contributed by atoms with E-state index in [9.17, 15) is 35.2 Å². The smallest absolute Gasteiger partial charge is 0.265 e. The first-order valence-corrected chi connectivity index (χ1v) is 13.8. The lowest BCUT2D eigenvalue weighted by molar-refractivity contribution is -0.284. The highest BCUT2D eigenvalue weighted by molar-refractivity contribution is 8.01. The van der Waals surface area contributed by atoms with Gasteiger partial charge in [0.25, 0.3) is 0 Å². The summed E-state index contributed by atoms with van der Waals surface area (Å²) in [4.78, 5) is 17.2. The van der Waals surface area contributed by atoms with E-state index in [2.05, 4.69) is 9.71 Å². The van der Waals surface area contributed by atoms with Crippen molar-refractivity contribution in [2.75, 3.05) is 10.5 Å². The maximum atomic E-state index is 13.1. The number of sulfonamides is 1. The highest BCUT2D eigenvalue weighted by Crippen LogP contribution is 2.41. The van der Waals surface area contributed by atoms with E-state index in [1.165, 1.54) is 15.9 Å². The summed E-state index contributed by atoms with van der Waals surface area (Å²) in [6.45, 7) is 3.43. The summed E-state index contributed by atoms with van der Waals surface area (Å²) in [5.41, 5.74) is 0.638. The molecule has 0 spiro atoms. The first kappa shape index (κ1) is 27.4. The molecule has 0 bridgehead atoms. The van der Waals surface area contributed by atoms with E-state index in [1.54, 1.807) is 44.2 Å². The van der Waals surface area contributed by atoms with Gasteiger partial charge in [0.05, 0.1) is 9.96 Å². The molecule has 192 valence electrons. The number of benzene rings is 1. The quantitative estimate of drug-likeness (QED) is 0.196. The summed E-state index contributed by atoms with van der Waals surface area (Å²) in [7, 11) is -3.92. The normalized spacial score (nSPS) is 12.9. The number of aromatic nitrogens is 2. The second-order valence-corrected chi connectivity index (χ2v) is 12.1. The molecule has 0 atom stereocenters. The summed E-state index contributed by atoms with van der Waals surface area (Å²) in [5.74, 6) is -5.05. The fraction of sp³-hybridized carbons (Fsp3) is 0.429. The van der Waals surface area contributed by atoms with Crippen molar-refractivity contribution in [2.24, 2.45) is 0 Å². The Hall–Kier alpha value is -2.19. The number of aryl methyl sites for hydroxylation is 1. The summed E-state index contributed by atoms with van der Waals surface area (Å²) in [6.07, 6.45) is -7.19. The number of unbranched alkanes of at least 4 members (excludes halogenated alkanes) is 1. The Labute approximate surface area is 207 Å². The third kappa shape index (κ3) is 6.53. The lowest BCUT2D eigenvalue weighted by Crippen LogP contribution is -2.36. The van der Waals surface area contributed by atoms with Crippen molar-refractivity contribution in [3.8, 4) is 5.69 Å². The Morgan fingerprint density at radius 3 is 2.37 bits per heavy atom. The molecule has 1 aromatic carbocycles. The van der Waals surface area contributed by atoms with Gasteiger partial charge in [-0.2, -0.15) is 26.9 Å². The minimum atomic E-state index is -5.59. The Morgan fingerprint density at radius 2 is 1.74 bits per heavy atom. The molecule has 3 rings (SSSR count).